The summed E-state index contributed by atoms with van der Waals surface area (Å²) < 4.78 is 0. The predicted octanol–water partition coefficient (Wildman–Crippen LogP) is 2.38. The molecule has 1 rings (SSSR count). The normalized spacial score (nSPS) is 17.4. The molecule has 3 heteroatoms. The van der Waals surface area contributed by atoms with Gasteiger partial charge in [0.05, 0.1) is 6.54 Å². The second-order valence-corrected chi connectivity index (χ2v) is 4.90. The maximum absolute atomic E-state index is 11.5. The van der Waals surface area contributed by atoms with Crippen molar-refractivity contribution < 1.29 is 4.79 Å². The number of hydrogen-bond acceptors (Lipinski definition) is 2. The third-order valence-corrected chi connectivity index (χ3v) is 3.38. The zero-order valence-corrected chi connectivity index (χ0v) is 11.2. The first-order valence-corrected chi connectivity index (χ1v) is 6.90. The Hall–Kier alpha value is -0.830. The van der Waals surface area contributed by atoms with E-state index in [0.717, 1.165) is 19.4 Å². The van der Waals surface area contributed by atoms with E-state index >= 15 is 0 Å². The summed E-state index contributed by atoms with van der Waals surface area (Å²) in [6, 6.07) is 0.418. The van der Waals surface area contributed by atoms with Gasteiger partial charge in [-0.05, 0) is 45.4 Å². The van der Waals surface area contributed by atoms with E-state index in [1.807, 2.05) is 0 Å². The molecule has 0 fully saturated rings. The summed E-state index contributed by atoms with van der Waals surface area (Å²) in [5, 5.41) is 6.16. The Morgan fingerprint density at radius 2 is 2.29 bits per heavy atom. The van der Waals surface area contributed by atoms with Gasteiger partial charge in [0.2, 0.25) is 5.91 Å². The lowest BCUT2D eigenvalue weighted by Crippen LogP contribution is -2.38. The van der Waals surface area contributed by atoms with Crippen LogP contribution in [0.3, 0.4) is 0 Å². The smallest absolute Gasteiger partial charge is 0.233 e. The molecule has 0 aromatic rings. The lowest BCUT2D eigenvalue weighted by atomic mass is 9.97. The van der Waals surface area contributed by atoms with Gasteiger partial charge < -0.3 is 10.6 Å². The average Bonchev–Trinajstić information content (AvgIpc) is 2.37. The molecule has 1 aliphatic rings. The van der Waals surface area contributed by atoms with E-state index in [0.29, 0.717) is 12.6 Å². The molecular weight excluding hydrogens is 212 g/mol. The fourth-order valence-electron chi connectivity index (χ4n) is 1.97. The van der Waals surface area contributed by atoms with Crippen molar-refractivity contribution >= 4 is 5.91 Å². The van der Waals surface area contributed by atoms with Crippen molar-refractivity contribution in [2.24, 2.45) is 0 Å². The molecule has 0 aromatic heterocycles. The predicted molar refractivity (Wildman–Crippen MR) is 71.9 cm³/mol. The van der Waals surface area contributed by atoms with Crippen LogP contribution in [-0.4, -0.2) is 25.0 Å². The first-order valence-electron chi connectivity index (χ1n) is 6.90. The summed E-state index contributed by atoms with van der Waals surface area (Å²) in [4.78, 5) is 11.5. The van der Waals surface area contributed by atoms with Crippen LogP contribution in [0.5, 0.6) is 0 Å². The van der Waals surface area contributed by atoms with Gasteiger partial charge in [-0.15, -0.1) is 0 Å². The molecule has 17 heavy (non-hydrogen) atoms. The second-order valence-electron chi connectivity index (χ2n) is 4.90. The molecule has 0 aliphatic heterocycles. The quantitative estimate of drug-likeness (QED) is 0.669. The van der Waals surface area contributed by atoms with Crippen molar-refractivity contribution in [2.45, 2.75) is 58.4 Å². The first-order chi connectivity index (χ1) is 8.22. The molecule has 1 amide bonds. The van der Waals surface area contributed by atoms with Gasteiger partial charge in [0, 0.05) is 12.6 Å². The highest BCUT2D eigenvalue weighted by Crippen LogP contribution is 2.19. The molecule has 1 unspecified atom stereocenters. The Balaban J connectivity index is 2.05. The summed E-state index contributed by atoms with van der Waals surface area (Å²) in [6.07, 6.45) is 9.51. The van der Waals surface area contributed by atoms with Crippen LogP contribution in [0.15, 0.2) is 11.6 Å². The molecule has 2 N–H and O–H groups in total. The van der Waals surface area contributed by atoms with Crippen LogP contribution in [0.1, 0.15) is 52.4 Å². The van der Waals surface area contributed by atoms with E-state index in [-0.39, 0.29) is 5.91 Å². The van der Waals surface area contributed by atoms with Gasteiger partial charge in [-0.3, -0.25) is 4.79 Å². The maximum Gasteiger partial charge on any atom is 0.233 e. The lowest BCUT2D eigenvalue weighted by Gasteiger charge is -2.14. The van der Waals surface area contributed by atoms with Gasteiger partial charge in [-0.25, -0.2) is 0 Å². The number of amides is 1. The Morgan fingerprint density at radius 1 is 1.47 bits per heavy atom. The van der Waals surface area contributed by atoms with Crippen LogP contribution in [-0.2, 0) is 4.79 Å². The second kappa shape index (κ2) is 8.29. The number of allylic oxidation sites excluding steroid dienone is 1. The summed E-state index contributed by atoms with van der Waals surface area (Å²) in [5.74, 6) is 0.113. The molecule has 0 saturated carbocycles. The molecule has 0 heterocycles. The van der Waals surface area contributed by atoms with Crippen molar-refractivity contribution in [2.75, 3.05) is 13.1 Å². The minimum atomic E-state index is 0.113. The number of rotatable bonds is 7. The zero-order valence-electron chi connectivity index (χ0n) is 11.2. The number of hydrogen-bond donors (Lipinski definition) is 2. The van der Waals surface area contributed by atoms with Crippen LogP contribution in [0.25, 0.3) is 0 Å². The molecule has 0 saturated heterocycles. The van der Waals surface area contributed by atoms with Crippen LogP contribution >= 0.6 is 0 Å². The number of carbonyl (C=O) groups excluding carboxylic acids is 1. The standard InChI is InChI=1S/C14H26N2O/c1-3-12(2)16-11-14(17)15-10-9-13-7-5-4-6-8-13/h7,12,16H,3-6,8-11H2,1-2H3,(H,15,17). The molecule has 0 radical (unpaired) electrons. The van der Waals surface area contributed by atoms with Crippen molar-refractivity contribution in [1.82, 2.24) is 10.6 Å². The summed E-state index contributed by atoms with van der Waals surface area (Å²) in [7, 11) is 0. The topological polar surface area (TPSA) is 41.1 Å². The van der Waals surface area contributed by atoms with E-state index in [2.05, 4.69) is 30.6 Å². The van der Waals surface area contributed by atoms with Crippen LogP contribution in [0.2, 0.25) is 0 Å². The minimum absolute atomic E-state index is 0.113. The molecule has 0 aromatic carbocycles. The van der Waals surface area contributed by atoms with Crippen LogP contribution < -0.4 is 10.6 Å². The highest BCUT2D eigenvalue weighted by Gasteiger charge is 2.05. The third kappa shape index (κ3) is 6.47. The molecule has 1 aliphatic carbocycles. The van der Waals surface area contributed by atoms with Gasteiger partial charge in [-0.1, -0.05) is 18.6 Å². The Labute approximate surface area is 105 Å². The molecule has 3 nitrogen and oxygen atoms in total. The summed E-state index contributed by atoms with van der Waals surface area (Å²) in [6.45, 7) is 5.44. The average molecular weight is 238 g/mol. The van der Waals surface area contributed by atoms with Gasteiger partial charge in [-0.2, -0.15) is 0 Å². The molecule has 0 bridgehead atoms. The first kappa shape index (κ1) is 14.2. The Bertz CT molecular complexity index is 261. The van der Waals surface area contributed by atoms with Crippen molar-refractivity contribution in [3.63, 3.8) is 0 Å². The van der Waals surface area contributed by atoms with Gasteiger partial charge in [0.1, 0.15) is 0 Å². The molecule has 0 spiro atoms. The number of nitrogens with one attached hydrogen (secondary N) is 2. The highest BCUT2D eigenvalue weighted by atomic mass is 16.1. The lowest BCUT2D eigenvalue weighted by molar-refractivity contribution is -0.120. The van der Waals surface area contributed by atoms with E-state index in [4.69, 9.17) is 0 Å². The van der Waals surface area contributed by atoms with Crippen molar-refractivity contribution in [3.8, 4) is 0 Å². The van der Waals surface area contributed by atoms with E-state index < -0.39 is 0 Å². The van der Waals surface area contributed by atoms with Gasteiger partial charge >= 0.3 is 0 Å². The van der Waals surface area contributed by atoms with Crippen molar-refractivity contribution in [1.29, 1.82) is 0 Å². The van der Waals surface area contributed by atoms with E-state index in [1.165, 1.54) is 31.3 Å². The Kier molecular flexibility index (Phi) is 6.94. The molecule has 98 valence electrons. The summed E-state index contributed by atoms with van der Waals surface area (Å²) >= 11 is 0. The monoisotopic (exact) mass is 238 g/mol. The maximum atomic E-state index is 11.5. The fourth-order valence-corrected chi connectivity index (χ4v) is 1.97. The van der Waals surface area contributed by atoms with E-state index in [1.54, 1.807) is 0 Å². The highest BCUT2D eigenvalue weighted by molar-refractivity contribution is 5.77. The van der Waals surface area contributed by atoms with Crippen molar-refractivity contribution in [3.05, 3.63) is 11.6 Å². The fraction of sp³-hybridized carbons (Fsp3) is 0.786. The van der Waals surface area contributed by atoms with Crippen LogP contribution in [0, 0.1) is 0 Å². The zero-order chi connectivity index (χ0) is 12.5. The minimum Gasteiger partial charge on any atom is -0.355 e. The molecular formula is C14H26N2O. The van der Waals surface area contributed by atoms with Gasteiger partial charge in [0.25, 0.3) is 0 Å². The molecule has 1 atom stereocenters. The summed E-state index contributed by atoms with van der Waals surface area (Å²) in [5.41, 5.74) is 1.52. The van der Waals surface area contributed by atoms with Gasteiger partial charge in [0.15, 0.2) is 0 Å². The third-order valence-electron chi connectivity index (χ3n) is 3.38. The SMILES string of the molecule is CCC(C)NCC(=O)NCCC1=CCCCC1. The number of carbonyl (C=O) groups is 1. The largest absolute Gasteiger partial charge is 0.355 e. The van der Waals surface area contributed by atoms with E-state index in [9.17, 15) is 4.79 Å². The Morgan fingerprint density at radius 3 is 2.94 bits per heavy atom. The van der Waals surface area contributed by atoms with Crippen LogP contribution in [0.4, 0.5) is 0 Å².